The van der Waals surface area contributed by atoms with Crippen LogP contribution in [-0.4, -0.2) is 5.97 Å². The largest absolute Gasteiger partial charge is 0.370 e. The van der Waals surface area contributed by atoms with Crippen LogP contribution < -0.4 is 5.90 Å². The number of carbonyl (C=O) groups excluding carboxylic acids is 1. The zero-order valence-electron chi connectivity index (χ0n) is 7.19. The Hall–Kier alpha value is -1.61. The molecule has 0 saturated heterocycles. The number of hydrogen-bond donors (Lipinski definition) is 1. The fourth-order valence-electron chi connectivity index (χ4n) is 0.998. The van der Waals surface area contributed by atoms with Crippen LogP contribution in [0, 0.1) is 0 Å². The maximum Gasteiger partial charge on any atom is 0.352 e. The average molecular weight is 177 g/mol. The molecule has 3 nitrogen and oxygen atoms in total. The topological polar surface area (TPSA) is 52.3 Å². The summed E-state index contributed by atoms with van der Waals surface area (Å²) in [6.45, 7) is 3.57. The van der Waals surface area contributed by atoms with Crippen LogP contribution in [-0.2, 0) is 16.1 Å². The minimum atomic E-state index is -0.566. The van der Waals surface area contributed by atoms with Crippen molar-refractivity contribution in [2.24, 2.45) is 5.90 Å². The molecule has 0 atom stereocenters. The molecule has 2 N–H and O–H groups in total. The number of rotatable bonds is 3. The summed E-state index contributed by atoms with van der Waals surface area (Å²) in [4.78, 5) is 14.9. The molecule has 0 amide bonds. The first-order chi connectivity index (χ1) is 6.24. The Bertz CT molecular complexity index is 306. The average Bonchev–Trinajstić information content (AvgIpc) is 2.18. The highest BCUT2D eigenvalue weighted by molar-refractivity contribution is 5.87. The van der Waals surface area contributed by atoms with Crippen LogP contribution in [0.5, 0.6) is 0 Å². The zero-order valence-corrected chi connectivity index (χ0v) is 7.19. The van der Waals surface area contributed by atoms with E-state index in [1.165, 1.54) is 0 Å². The van der Waals surface area contributed by atoms with Gasteiger partial charge in [0.05, 0.1) is 0 Å². The predicted octanol–water partition coefficient (Wildman–Crippen LogP) is 1.20. The summed E-state index contributed by atoms with van der Waals surface area (Å²) in [5, 5.41) is 0. The van der Waals surface area contributed by atoms with Gasteiger partial charge in [-0.3, -0.25) is 0 Å². The van der Waals surface area contributed by atoms with Crippen LogP contribution in [0.2, 0.25) is 0 Å². The van der Waals surface area contributed by atoms with Gasteiger partial charge in [-0.05, 0) is 5.56 Å². The molecule has 1 rings (SSSR count). The maximum absolute atomic E-state index is 10.9. The summed E-state index contributed by atoms with van der Waals surface area (Å²) in [6.07, 6.45) is 0.469. The van der Waals surface area contributed by atoms with Crippen molar-refractivity contribution in [3.8, 4) is 0 Å². The molecule has 0 aliphatic heterocycles. The van der Waals surface area contributed by atoms with Crippen molar-refractivity contribution in [1.29, 1.82) is 0 Å². The van der Waals surface area contributed by atoms with Gasteiger partial charge in [-0.25, -0.2) is 4.79 Å². The van der Waals surface area contributed by atoms with Crippen LogP contribution in [0.3, 0.4) is 0 Å². The fraction of sp³-hybridized carbons (Fsp3) is 0.100. The van der Waals surface area contributed by atoms with Crippen molar-refractivity contribution in [3.63, 3.8) is 0 Å². The molecule has 1 aromatic rings. The van der Waals surface area contributed by atoms with Crippen molar-refractivity contribution in [3.05, 3.63) is 48.0 Å². The van der Waals surface area contributed by atoms with Crippen LogP contribution in [0.15, 0.2) is 42.5 Å². The van der Waals surface area contributed by atoms with E-state index in [4.69, 9.17) is 5.90 Å². The Labute approximate surface area is 76.8 Å². The Kier molecular flexibility index (Phi) is 3.23. The Morgan fingerprint density at radius 3 is 2.54 bits per heavy atom. The van der Waals surface area contributed by atoms with Crippen LogP contribution in [0.4, 0.5) is 0 Å². The third-order valence-electron chi connectivity index (χ3n) is 1.66. The molecule has 0 fully saturated rings. The summed E-state index contributed by atoms with van der Waals surface area (Å²) >= 11 is 0. The van der Waals surface area contributed by atoms with Crippen molar-refractivity contribution in [1.82, 2.24) is 0 Å². The molecule has 0 radical (unpaired) electrons. The van der Waals surface area contributed by atoms with E-state index in [0.29, 0.717) is 12.0 Å². The molecule has 13 heavy (non-hydrogen) atoms. The van der Waals surface area contributed by atoms with E-state index in [1.807, 2.05) is 30.3 Å². The second-order valence-corrected chi connectivity index (χ2v) is 2.67. The fourth-order valence-corrected chi connectivity index (χ4v) is 0.998. The van der Waals surface area contributed by atoms with E-state index in [2.05, 4.69) is 11.4 Å². The van der Waals surface area contributed by atoms with Crippen LogP contribution in [0.25, 0.3) is 0 Å². The highest BCUT2D eigenvalue weighted by Crippen LogP contribution is 2.06. The van der Waals surface area contributed by atoms with Crippen molar-refractivity contribution in [2.45, 2.75) is 6.42 Å². The molecule has 3 heteroatoms. The predicted molar refractivity (Wildman–Crippen MR) is 49.6 cm³/mol. The highest BCUT2D eigenvalue weighted by Gasteiger charge is 2.07. The van der Waals surface area contributed by atoms with Gasteiger partial charge in [0.25, 0.3) is 0 Å². The lowest BCUT2D eigenvalue weighted by Crippen LogP contribution is -2.13. The first-order valence-electron chi connectivity index (χ1n) is 3.87. The molecule has 1 aromatic carbocycles. The number of nitrogens with two attached hydrogens (primary N) is 1. The van der Waals surface area contributed by atoms with Gasteiger partial charge in [0, 0.05) is 12.0 Å². The van der Waals surface area contributed by atoms with E-state index in [-0.39, 0.29) is 0 Å². The minimum absolute atomic E-state index is 0.355. The number of carbonyl (C=O) groups is 1. The first-order valence-corrected chi connectivity index (χ1v) is 3.87. The van der Waals surface area contributed by atoms with E-state index in [1.54, 1.807) is 0 Å². The lowest BCUT2D eigenvalue weighted by molar-refractivity contribution is -0.139. The van der Waals surface area contributed by atoms with Gasteiger partial charge in [-0.1, -0.05) is 36.9 Å². The van der Waals surface area contributed by atoms with E-state index >= 15 is 0 Å². The van der Waals surface area contributed by atoms with Gasteiger partial charge in [-0.15, -0.1) is 0 Å². The molecular formula is C10H11NO2. The van der Waals surface area contributed by atoms with Gasteiger partial charge >= 0.3 is 5.97 Å². The normalized spacial score (nSPS) is 9.31. The quantitative estimate of drug-likeness (QED) is 0.557. The van der Waals surface area contributed by atoms with Gasteiger partial charge in [-0.2, -0.15) is 5.90 Å². The Balaban J connectivity index is 2.60. The van der Waals surface area contributed by atoms with Gasteiger partial charge < -0.3 is 4.84 Å². The molecule has 0 aliphatic carbocycles. The van der Waals surface area contributed by atoms with Crippen molar-refractivity contribution >= 4 is 5.97 Å². The zero-order chi connectivity index (χ0) is 9.68. The van der Waals surface area contributed by atoms with E-state index < -0.39 is 5.97 Å². The smallest absolute Gasteiger partial charge is 0.352 e. The molecule has 0 saturated carbocycles. The summed E-state index contributed by atoms with van der Waals surface area (Å²) in [5.74, 6) is 4.15. The SMILES string of the molecule is C=C(Cc1ccccc1)C(=O)ON. The molecule has 0 aliphatic rings. The minimum Gasteiger partial charge on any atom is -0.370 e. The van der Waals surface area contributed by atoms with Crippen LogP contribution in [0.1, 0.15) is 5.56 Å². The van der Waals surface area contributed by atoms with E-state index in [0.717, 1.165) is 5.56 Å². The first kappa shape index (κ1) is 9.48. The lowest BCUT2D eigenvalue weighted by Gasteiger charge is -2.01. The third-order valence-corrected chi connectivity index (χ3v) is 1.66. The van der Waals surface area contributed by atoms with E-state index in [9.17, 15) is 4.79 Å². The maximum atomic E-state index is 10.9. The monoisotopic (exact) mass is 177 g/mol. The highest BCUT2D eigenvalue weighted by atomic mass is 16.7. The summed E-state index contributed by atoms with van der Waals surface area (Å²) < 4.78 is 0. The molecular weight excluding hydrogens is 166 g/mol. The molecule has 0 aromatic heterocycles. The molecule has 68 valence electrons. The Morgan fingerprint density at radius 1 is 1.38 bits per heavy atom. The van der Waals surface area contributed by atoms with Crippen LogP contribution >= 0.6 is 0 Å². The van der Waals surface area contributed by atoms with Gasteiger partial charge in [0.15, 0.2) is 0 Å². The summed E-state index contributed by atoms with van der Waals surface area (Å²) in [5.41, 5.74) is 1.37. The second kappa shape index (κ2) is 4.42. The molecule has 0 bridgehead atoms. The summed E-state index contributed by atoms with van der Waals surface area (Å²) in [7, 11) is 0. The Morgan fingerprint density at radius 2 is 2.00 bits per heavy atom. The molecule has 0 spiro atoms. The van der Waals surface area contributed by atoms with Gasteiger partial charge in [0.2, 0.25) is 0 Å². The van der Waals surface area contributed by atoms with Crippen molar-refractivity contribution < 1.29 is 9.63 Å². The standard InChI is InChI=1S/C10H11NO2/c1-8(10(12)13-11)7-9-5-3-2-4-6-9/h2-6H,1,7,11H2. The third kappa shape index (κ3) is 2.72. The van der Waals surface area contributed by atoms with Crippen molar-refractivity contribution in [2.75, 3.05) is 0 Å². The second-order valence-electron chi connectivity index (χ2n) is 2.67. The lowest BCUT2D eigenvalue weighted by atomic mass is 10.1. The molecule has 0 unspecified atom stereocenters. The number of benzene rings is 1. The molecule has 0 heterocycles. The van der Waals surface area contributed by atoms with Gasteiger partial charge in [0.1, 0.15) is 0 Å². The number of hydrogen-bond acceptors (Lipinski definition) is 3. The summed E-state index contributed by atoms with van der Waals surface area (Å²) in [6, 6.07) is 9.53.